The number of anilines is 1. The number of benzene rings is 2. The summed E-state index contributed by atoms with van der Waals surface area (Å²) in [6.45, 7) is 12.3. The smallest absolute Gasteiger partial charge is 0.265 e. The van der Waals surface area contributed by atoms with Crippen LogP contribution >= 0.6 is 11.8 Å². The van der Waals surface area contributed by atoms with Crippen LogP contribution in [-0.2, 0) is 20.4 Å². The van der Waals surface area contributed by atoms with Crippen LogP contribution in [0.15, 0.2) is 46.2 Å². The largest absolute Gasteiger partial charge is 0.507 e. The molecule has 0 spiro atoms. The molecule has 0 atom stereocenters. The van der Waals surface area contributed by atoms with E-state index in [0.29, 0.717) is 10.7 Å². The van der Waals surface area contributed by atoms with Gasteiger partial charge in [0.25, 0.3) is 5.91 Å². The minimum absolute atomic E-state index is 0.0414. The average molecular weight is 453 g/mol. The number of nitrogens with one attached hydrogen (secondary N) is 1. The molecule has 0 saturated heterocycles. The topological polar surface area (TPSA) is 69.6 Å². The zero-order valence-electron chi connectivity index (χ0n) is 19.9. The number of phenolic OH excluding ortho intramolecular Hbond substituents is 1. The molecule has 0 aliphatic carbocycles. The number of amides is 2. The van der Waals surface area contributed by atoms with Gasteiger partial charge in [-0.25, -0.2) is 0 Å². The summed E-state index contributed by atoms with van der Waals surface area (Å²) in [6.07, 6.45) is 1.86. The number of hydrogen-bond acceptors (Lipinski definition) is 4. The van der Waals surface area contributed by atoms with Crippen LogP contribution < -0.4 is 10.2 Å². The molecule has 2 N–H and O–H groups in total. The van der Waals surface area contributed by atoms with Crippen molar-refractivity contribution in [3.63, 3.8) is 0 Å². The highest BCUT2D eigenvalue weighted by Gasteiger charge is 2.31. The highest BCUT2D eigenvalue weighted by atomic mass is 32.2. The molecule has 1 aliphatic rings. The van der Waals surface area contributed by atoms with Gasteiger partial charge in [-0.2, -0.15) is 0 Å². The lowest BCUT2D eigenvalue weighted by atomic mass is 9.78. The Labute approximate surface area is 194 Å². The number of para-hydroxylation sites is 1. The fraction of sp³-hybridized carbons (Fsp3) is 0.385. The van der Waals surface area contributed by atoms with Crippen LogP contribution in [0.5, 0.6) is 5.75 Å². The molecule has 170 valence electrons. The predicted octanol–water partition coefficient (Wildman–Crippen LogP) is 5.21. The molecule has 0 radical (unpaired) electrons. The highest BCUT2D eigenvalue weighted by Crippen LogP contribution is 2.44. The zero-order chi connectivity index (χ0) is 23.8. The summed E-state index contributed by atoms with van der Waals surface area (Å²) in [5, 5.41) is 13.6. The van der Waals surface area contributed by atoms with Crippen molar-refractivity contribution in [2.75, 3.05) is 18.5 Å². The van der Waals surface area contributed by atoms with Crippen LogP contribution in [0, 0.1) is 0 Å². The second-order valence-corrected chi connectivity index (χ2v) is 11.2. The first-order chi connectivity index (χ1) is 14.8. The van der Waals surface area contributed by atoms with Gasteiger partial charge in [-0.05, 0) is 46.7 Å². The van der Waals surface area contributed by atoms with Crippen LogP contribution in [-0.4, -0.2) is 30.5 Å². The summed E-state index contributed by atoms with van der Waals surface area (Å²) in [6, 6.07) is 11.5. The van der Waals surface area contributed by atoms with Gasteiger partial charge in [0.15, 0.2) is 0 Å². The molecule has 1 heterocycles. The van der Waals surface area contributed by atoms with Gasteiger partial charge in [0.2, 0.25) is 5.91 Å². The Morgan fingerprint density at radius 2 is 1.62 bits per heavy atom. The molecule has 32 heavy (non-hydrogen) atoms. The normalized spacial score (nSPS) is 15.7. The molecule has 0 bridgehead atoms. The van der Waals surface area contributed by atoms with Crippen LogP contribution in [0.3, 0.4) is 0 Å². The first-order valence-electron chi connectivity index (χ1n) is 10.7. The minimum atomic E-state index is -0.264. The molecule has 2 aromatic rings. The molecule has 2 amide bonds. The van der Waals surface area contributed by atoms with Gasteiger partial charge in [0.1, 0.15) is 12.3 Å². The maximum Gasteiger partial charge on any atom is 0.265 e. The first kappa shape index (κ1) is 23.9. The lowest BCUT2D eigenvalue weighted by Crippen LogP contribution is -2.41. The first-order valence-corrected chi connectivity index (χ1v) is 11.5. The third kappa shape index (κ3) is 4.85. The molecule has 0 aromatic heterocycles. The summed E-state index contributed by atoms with van der Waals surface area (Å²) in [7, 11) is 1.56. The summed E-state index contributed by atoms with van der Waals surface area (Å²) in [5.74, 6) is -0.129. The molecule has 3 rings (SSSR count). The van der Waals surface area contributed by atoms with Crippen molar-refractivity contribution in [1.29, 1.82) is 0 Å². The molecule has 0 saturated carbocycles. The Bertz CT molecular complexity index is 1060. The van der Waals surface area contributed by atoms with Crippen molar-refractivity contribution in [3.05, 3.63) is 58.0 Å². The SMILES string of the molecule is CNC(=O)CN1C(=O)C(=Cc2cc(C(C)(C)C)c(O)c(C(C)(C)C)c2)Sc2ccccc21. The number of fused-ring (bicyclic) bond motifs is 1. The number of phenols is 1. The quantitative estimate of drug-likeness (QED) is 0.627. The van der Waals surface area contributed by atoms with E-state index < -0.39 is 0 Å². The minimum Gasteiger partial charge on any atom is -0.507 e. The van der Waals surface area contributed by atoms with Crippen molar-refractivity contribution < 1.29 is 14.7 Å². The Kier molecular flexibility index (Phi) is 6.47. The average Bonchev–Trinajstić information content (AvgIpc) is 2.70. The van der Waals surface area contributed by atoms with E-state index in [2.05, 4.69) is 46.9 Å². The molecular weight excluding hydrogens is 420 g/mol. The van der Waals surface area contributed by atoms with Gasteiger partial charge < -0.3 is 10.4 Å². The predicted molar refractivity (Wildman–Crippen MR) is 132 cm³/mol. The fourth-order valence-corrected chi connectivity index (χ4v) is 4.74. The Morgan fingerprint density at radius 3 is 2.16 bits per heavy atom. The van der Waals surface area contributed by atoms with Gasteiger partial charge in [0, 0.05) is 23.1 Å². The summed E-state index contributed by atoms with van der Waals surface area (Å²) >= 11 is 1.40. The molecular formula is C26H32N2O3S. The number of hydrogen-bond donors (Lipinski definition) is 2. The van der Waals surface area contributed by atoms with E-state index in [1.807, 2.05) is 42.5 Å². The molecule has 5 nitrogen and oxygen atoms in total. The Hall–Kier alpha value is -2.73. The van der Waals surface area contributed by atoms with E-state index in [0.717, 1.165) is 27.3 Å². The van der Waals surface area contributed by atoms with Gasteiger partial charge >= 0.3 is 0 Å². The molecule has 1 aliphatic heterocycles. The Balaban J connectivity index is 2.15. The fourth-order valence-electron chi connectivity index (χ4n) is 3.68. The highest BCUT2D eigenvalue weighted by molar-refractivity contribution is 8.04. The zero-order valence-corrected chi connectivity index (χ0v) is 20.7. The van der Waals surface area contributed by atoms with Gasteiger partial charge in [-0.3, -0.25) is 14.5 Å². The lowest BCUT2D eigenvalue weighted by molar-refractivity contribution is -0.122. The number of rotatable bonds is 3. The number of likely N-dealkylation sites (N-methyl/N-ethyl adjacent to an activating group) is 1. The van der Waals surface area contributed by atoms with Crippen molar-refractivity contribution in [2.45, 2.75) is 57.3 Å². The van der Waals surface area contributed by atoms with Crippen LogP contribution in [0.4, 0.5) is 5.69 Å². The van der Waals surface area contributed by atoms with Crippen molar-refractivity contribution in [1.82, 2.24) is 5.32 Å². The van der Waals surface area contributed by atoms with E-state index >= 15 is 0 Å². The Morgan fingerprint density at radius 1 is 1.06 bits per heavy atom. The second-order valence-electron chi connectivity index (χ2n) is 10.1. The lowest BCUT2D eigenvalue weighted by Gasteiger charge is -2.30. The van der Waals surface area contributed by atoms with Crippen LogP contribution in [0.2, 0.25) is 0 Å². The van der Waals surface area contributed by atoms with Crippen molar-refractivity contribution in [2.24, 2.45) is 0 Å². The molecule has 2 aromatic carbocycles. The van der Waals surface area contributed by atoms with E-state index in [1.165, 1.54) is 16.7 Å². The number of carbonyl (C=O) groups excluding carboxylic acids is 2. The monoisotopic (exact) mass is 452 g/mol. The van der Waals surface area contributed by atoms with E-state index in [4.69, 9.17) is 0 Å². The van der Waals surface area contributed by atoms with Gasteiger partial charge in [-0.1, -0.05) is 65.4 Å². The number of carbonyl (C=O) groups is 2. The summed E-state index contributed by atoms with van der Waals surface area (Å²) < 4.78 is 0. The number of thioether (sulfide) groups is 1. The van der Waals surface area contributed by atoms with E-state index in [1.54, 1.807) is 7.05 Å². The van der Waals surface area contributed by atoms with Gasteiger partial charge in [-0.15, -0.1) is 0 Å². The standard InChI is InChI=1S/C26H32N2O3S/c1-25(2,3)17-12-16(13-18(23(17)30)26(4,5)6)14-21-24(31)28(15-22(29)27-7)19-10-8-9-11-20(19)32-21/h8-14,30H,15H2,1-7H3,(H,27,29). The van der Waals surface area contributed by atoms with Crippen molar-refractivity contribution >= 4 is 35.3 Å². The summed E-state index contributed by atoms with van der Waals surface area (Å²) in [4.78, 5) is 28.5. The maximum atomic E-state index is 13.4. The molecule has 0 unspecified atom stereocenters. The number of nitrogens with zero attached hydrogens (tertiary/aromatic N) is 1. The third-order valence-electron chi connectivity index (χ3n) is 5.46. The summed E-state index contributed by atoms with van der Waals surface area (Å²) in [5.41, 5.74) is 2.74. The van der Waals surface area contributed by atoms with Crippen LogP contribution in [0.1, 0.15) is 58.2 Å². The maximum absolute atomic E-state index is 13.4. The van der Waals surface area contributed by atoms with Crippen molar-refractivity contribution in [3.8, 4) is 5.75 Å². The molecule has 6 heteroatoms. The second kappa shape index (κ2) is 8.66. The number of aromatic hydroxyl groups is 1. The van der Waals surface area contributed by atoms with E-state index in [-0.39, 0.29) is 29.2 Å². The third-order valence-corrected chi connectivity index (χ3v) is 6.54. The molecule has 0 fully saturated rings. The van der Waals surface area contributed by atoms with E-state index in [9.17, 15) is 14.7 Å². The van der Waals surface area contributed by atoms with Crippen LogP contribution in [0.25, 0.3) is 6.08 Å². The van der Waals surface area contributed by atoms with Gasteiger partial charge in [0.05, 0.1) is 10.6 Å².